The summed E-state index contributed by atoms with van der Waals surface area (Å²) in [7, 11) is -3.65. The summed E-state index contributed by atoms with van der Waals surface area (Å²) in [5, 5.41) is 14.1. The predicted octanol–water partition coefficient (Wildman–Crippen LogP) is 9.46. The Morgan fingerprint density at radius 2 is 1.76 bits per heavy atom. The minimum atomic E-state index is -1.95. The highest BCUT2D eigenvalue weighted by atomic mass is 32.1. The molecule has 0 aliphatic heterocycles. The zero-order valence-corrected chi connectivity index (χ0v) is 29.8. The predicted molar refractivity (Wildman–Crippen MR) is 171 cm³/mol. The second kappa shape index (κ2) is 12.7. The lowest BCUT2D eigenvalue weighted by molar-refractivity contribution is 0.154. The molecule has 1 fully saturated rings. The zero-order chi connectivity index (χ0) is 29.2. The summed E-state index contributed by atoms with van der Waals surface area (Å²) in [6, 6.07) is 0. The Balaban J connectivity index is 2.02. The van der Waals surface area contributed by atoms with Crippen LogP contribution >= 0.6 is 11.3 Å². The standard InChI is InChI=1S/C31H59NO3SSi2/c1-23(20-34-37(10,11)29(4,5)6)15-14-16-31(22-33)19-26(31)18-28(35-38(12,13)30(7,8)9)24(2)17-27-21-36-25(3)32-27/h17,21,23,26,28,33H,14-16,18-20,22H2,1-13H3/t23-,26+,28-,31-/m0/s1. The molecule has 1 aliphatic rings. The Labute approximate surface area is 241 Å². The molecule has 1 aromatic heterocycles. The summed E-state index contributed by atoms with van der Waals surface area (Å²) >= 11 is 1.69. The SMILES string of the molecule is CC(=Cc1csc(C)n1)[C@H](C[C@@H]1C[C@]1(CO)CCC[C@H](C)CO[Si](C)(C)C(C)(C)C)O[Si](C)(C)C(C)(C)C. The van der Waals surface area contributed by atoms with Crippen molar-refractivity contribution < 1.29 is 14.0 Å². The van der Waals surface area contributed by atoms with Crippen molar-refractivity contribution >= 4 is 34.0 Å². The van der Waals surface area contributed by atoms with E-state index in [-0.39, 0.29) is 28.2 Å². The Bertz CT molecular complexity index is 928. The van der Waals surface area contributed by atoms with Gasteiger partial charge < -0.3 is 14.0 Å². The largest absolute Gasteiger partial charge is 0.417 e. The van der Waals surface area contributed by atoms with Crippen molar-refractivity contribution in [1.82, 2.24) is 4.98 Å². The van der Waals surface area contributed by atoms with Gasteiger partial charge in [-0.2, -0.15) is 0 Å². The molecule has 0 amide bonds. The van der Waals surface area contributed by atoms with Crippen LogP contribution in [0.4, 0.5) is 0 Å². The molecular formula is C31H59NO3SSi2. The fourth-order valence-corrected chi connectivity index (χ4v) is 7.74. The van der Waals surface area contributed by atoms with Gasteiger partial charge in [0, 0.05) is 18.6 Å². The third-order valence-electron chi connectivity index (χ3n) is 9.84. The lowest BCUT2D eigenvalue weighted by Gasteiger charge is -2.40. The molecule has 7 heteroatoms. The molecule has 220 valence electrons. The second-order valence-corrected chi connectivity index (χ2v) is 25.9. The smallest absolute Gasteiger partial charge is 0.192 e. The molecule has 0 radical (unpaired) electrons. The molecule has 0 bridgehead atoms. The molecule has 0 spiro atoms. The monoisotopic (exact) mass is 581 g/mol. The van der Waals surface area contributed by atoms with Crippen molar-refractivity contribution in [2.45, 2.75) is 137 Å². The van der Waals surface area contributed by atoms with Crippen molar-refractivity contribution in [2.24, 2.45) is 17.3 Å². The van der Waals surface area contributed by atoms with Gasteiger partial charge in [0.15, 0.2) is 16.6 Å². The molecule has 1 aromatic rings. The number of hydrogen-bond acceptors (Lipinski definition) is 5. The van der Waals surface area contributed by atoms with Gasteiger partial charge >= 0.3 is 0 Å². The van der Waals surface area contributed by atoms with Gasteiger partial charge in [-0.3, -0.25) is 0 Å². The molecule has 4 nitrogen and oxygen atoms in total. The van der Waals surface area contributed by atoms with Crippen LogP contribution in [0.15, 0.2) is 11.0 Å². The van der Waals surface area contributed by atoms with Gasteiger partial charge in [-0.25, -0.2) is 4.98 Å². The zero-order valence-electron chi connectivity index (χ0n) is 27.0. The van der Waals surface area contributed by atoms with Crippen LogP contribution in [0.5, 0.6) is 0 Å². The van der Waals surface area contributed by atoms with Gasteiger partial charge in [0.25, 0.3) is 0 Å². The molecule has 4 atom stereocenters. The first-order valence-electron chi connectivity index (χ1n) is 14.8. The number of rotatable bonds is 14. The van der Waals surface area contributed by atoms with Crippen molar-refractivity contribution in [3.05, 3.63) is 21.7 Å². The van der Waals surface area contributed by atoms with Crippen LogP contribution in [0.3, 0.4) is 0 Å². The third-order valence-corrected chi connectivity index (χ3v) is 19.6. The number of nitrogens with zero attached hydrogens (tertiary/aromatic N) is 1. The Hall–Kier alpha value is -0.316. The van der Waals surface area contributed by atoms with E-state index >= 15 is 0 Å². The summed E-state index contributed by atoms with van der Waals surface area (Å²) in [5.41, 5.74) is 2.36. The molecule has 1 N–H and O–H groups in total. The van der Waals surface area contributed by atoms with Crippen molar-refractivity contribution in [2.75, 3.05) is 13.2 Å². The number of aliphatic hydroxyl groups is 1. The van der Waals surface area contributed by atoms with Crippen LogP contribution in [0.25, 0.3) is 6.08 Å². The van der Waals surface area contributed by atoms with Crippen LogP contribution in [0, 0.1) is 24.2 Å². The molecule has 0 aromatic carbocycles. The fourth-order valence-electron chi connectivity index (χ4n) is 4.69. The van der Waals surface area contributed by atoms with Crippen LogP contribution in [0.1, 0.15) is 98.2 Å². The Morgan fingerprint density at radius 3 is 2.26 bits per heavy atom. The highest BCUT2D eigenvalue weighted by molar-refractivity contribution is 7.09. The van der Waals surface area contributed by atoms with E-state index in [9.17, 15) is 5.11 Å². The van der Waals surface area contributed by atoms with Crippen molar-refractivity contribution in [3.63, 3.8) is 0 Å². The summed E-state index contributed by atoms with van der Waals surface area (Å²) in [4.78, 5) is 4.67. The molecule has 1 saturated carbocycles. The topological polar surface area (TPSA) is 51.6 Å². The van der Waals surface area contributed by atoms with E-state index in [2.05, 4.69) is 105 Å². The summed E-state index contributed by atoms with van der Waals surface area (Å²) < 4.78 is 13.5. The van der Waals surface area contributed by atoms with Crippen LogP contribution in [-0.2, 0) is 8.85 Å². The van der Waals surface area contributed by atoms with Gasteiger partial charge in [-0.1, -0.05) is 54.9 Å². The number of hydrogen-bond donors (Lipinski definition) is 1. The van der Waals surface area contributed by atoms with E-state index in [4.69, 9.17) is 8.85 Å². The highest BCUT2D eigenvalue weighted by Gasteiger charge is 2.54. The first-order valence-corrected chi connectivity index (χ1v) is 21.5. The summed E-state index contributed by atoms with van der Waals surface area (Å²) in [6.45, 7) is 30.9. The number of aliphatic hydroxyl groups excluding tert-OH is 1. The normalized spacial score (nSPS) is 23.0. The van der Waals surface area contributed by atoms with E-state index in [0.29, 0.717) is 11.8 Å². The maximum absolute atomic E-state index is 10.5. The highest BCUT2D eigenvalue weighted by Crippen LogP contribution is 2.59. The van der Waals surface area contributed by atoms with Gasteiger partial charge in [-0.15, -0.1) is 11.3 Å². The van der Waals surface area contributed by atoms with E-state index in [0.717, 1.165) is 49.4 Å². The number of thiazole rings is 1. The van der Waals surface area contributed by atoms with E-state index < -0.39 is 16.6 Å². The molecular weight excluding hydrogens is 523 g/mol. The molecule has 1 aliphatic carbocycles. The molecule has 38 heavy (non-hydrogen) atoms. The van der Waals surface area contributed by atoms with Crippen LogP contribution in [-0.4, -0.2) is 46.0 Å². The molecule has 0 saturated heterocycles. The maximum Gasteiger partial charge on any atom is 0.192 e. The lowest BCUT2D eigenvalue weighted by atomic mass is 9.91. The molecule has 0 unspecified atom stereocenters. The molecule has 2 rings (SSSR count). The quantitative estimate of drug-likeness (QED) is 0.222. The van der Waals surface area contributed by atoms with E-state index in [1.807, 2.05) is 0 Å². The Morgan fingerprint density at radius 1 is 1.16 bits per heavy atom. The van der Waals surface area contributed by atoms with Crippen molar-refractivity contribution in [3.8, 4) is 0 Å². The van der Waals surface area contributed by atoms with E-state index in [1.165, 1.54) is 5.57 Å². The van der Waals surface area contributed by atoms with Crippen LogP contribution < -0.4 is 0 Å². The number of aromatic nitrogens is 1. The number of aryl methyl sites for hydroxylation is 1. The minimum absolute atomic E-state index is 0.0621. The molecule has 1 heterocycles. The first-order chi connectivity index (χ1) is 17.2. The summed E-state index contributed by atoms with van der Waals surface area (Å²) in [5.74, 6) is 1.07. The fraction of sp³-hybridized carbons (Fsp3) is 0.839. The van der Waals surface area contributed by atoms with Gasteiger partial charge in [0.05, 0.1) is 16.8 Å². The van der Waals surface area contributed by atoms with Gasteiger partial charge in [-0.05, 0) is 105 Å². The lowest BCUT2D eigenvalue weighted by Crippen LogP contribution is -2.44. The van der Waals surface area contributed by atoms with Crippen LogP contribution in [0.2, 0.25) is 36.3 Å². The van der Waals surface area contributed by atoms with Gasteiger partial charge in [0.2, 0.25) is 0 Å². The second-order valence-electron chi connectivity index (χ2n) is 15.3. The third kappa shape index (κ3) is 9.10. The summed E-state index contributed by atoms with van der Waals surface area (Å²) in [6.07, 6.45) is 7.80. The van der Waals surface area contributed by atoms with Gasteiger partial charge in [0.1, 0.15) is 0 Å². The minimum Gasteiger partial charge on any atom is -0.417 e. The average molecular weight is 582 g/mol. The average Bonchev–Trinajstić information content (AvgIpc) is 3.30. The first kappa shape index (κ1) is 33.9. The van der Waals surface area contributed by atoms with Crippen molar-refractivity contribution in [1.29, 1.82) is 0 Å². The van der Waals surface area contributed by atoms with E-state index in [1.54, 1.807) is 11.3 Å². The Kier molecular flexibility index (Phi) is 11.3. The maximum atomic E-state index is 10.5.